The minimum atomic E-state index is -0.477. The summed E-state index contributed by atoms with van der Waals surface area (Å²) in [6.07, 6.45) is 1.28. The van der Waals surface area contributed by atoms with Crippen LogP contribution in [0, 0.1) is 22.0 Å². The van der Waals surface area contributed by atoms with Crippen molar-refractivity contribution in [3.05, 3.63) is 27.4 Å². The van der Waals surface area contributed by atoms with Gasteiger partial charge in [0.15, 0.2) is 0 Å². The van der Waals surface area contributed by atoms with Crippen molar-refractivity contribution in [1.29, 1.82) is 0 Å². The number of pyridine rings is 1. The van der Waals surface area contributed by atoms with Gasteiger partial charge in [0.25, 0.3) is 5.69 Å². The van der Waals surface area contributed by atoms with Gasteiger partial charge in [-0.25, -0.2) is 4.98 Å². The normalized spacial score (nSPS) is 29.6. The predicted octanol–water partition coefficient (Wildman–Crippen LogP) is 1.69. The minimum Gasteiger partial charge on any atom is -0.352 e. The number of hydrogen-bond donors (Lipinski definition) is 1. The molecule has 0 saturated carbocycles. The Bertz CT molecular complexity index is 524. The van der Waals surface area contributed by atoms with Crippen molar-refractivity contribution in [2.75, 3.05) is 24.5 Å². The molecule has 7 heteroatoms. The molecule has 2 aliphatic heterocycles. The van der Waals surface area contributed by atoms with E-state index < -0.39 is 4.92 Å². The number of halogens is 1. The number of hydrogen-bond acceptors (Lipinski definition) is 5. The van der Waals surface area contributed by atoms with Gasteiger partial charge in [0, 0.05) is 31.7 Å². The van der Waals surface area contributed by atoms with Crippen LogP contribution in [0.3, 0.4) is 0 Å². The van der Waals surface area contributed by atoms with Gasteiger partial charge in [0.2, 0.25) is 0 Å². The molecule has 1 N–H and O–H groups in total. The maximum Gasteiger partial charge on any atom is 0.289 e. The lowest BCUT2D eigenvalue weighted by Gasteiger charge is -2.26. The van der Waals surface area contributed by atoms with E-state index in [1.165, 1.54) is 12.3 Å². The third-order valence-electron chi connectivity index (χ3n) is 4.22. The van der Waals surface area contributed by atoms with Gasteiger partial charge in [-0.1, -0.05) is 11.6 Å². The van der Waals surface area contributed by atoms with Gasteiger partial charge < -0.3 is 10.2 Å². The van der Waals surface area contributed by atoms with Gasteiger partial charge in [0.1, 0.15) is 12.0 Å². The lowest BCUT2D eigenvalue weighted by Crippen LogP contribution is -2.33. The van der Waals surface area contributed by atoms with E-state index in [4.69, 9.17) is 11.6 Å². The molecule has 3 atom stereocenters. The van der Waals surface area contributed by atoms with Gasteiger partial charge in [-0.15, -0.1) is 0 Å². The van der Waals surface area contributed by atoms with Gasteiger partial charge >= 0.3 is 0 Å². The summed E-state index contributed by atoms with van der Waals surface area (Å²) in [5.74, 6) is 1.88. The maximum atomic E-state index is 10.7. The molecule has 0 bridgehead atoms. The van der Waals surface area contributed by atoms with Gasteiger partial charge in [-0.3, -0.25) is 10.1 Å². The number of nitrogens with zero attached hydrogens (tertiary/aromatic N) is 3. The second-order valence-corrected chi connectivity index (χ2v) is 5.64. The van der Waals surface area contributed by atoms with Crippen LogP contribution in [-0.2, 0) is 0 Å². The highest BCUT2D eigenvalue weighted by atomic mass is 35.5. The van der Waals surface area contributed by atoms with Crippen LogP contribution in [-0.4, -0.2) is 35.6 Å². The van der Waals surface area contributed by atoms with Crippen molar-refractivity contribution in [3.63, 3.8) is 0 Å². The topological polar surface area (TPSA) is 71.3 Å². The average molecular weight is 283 g/mol. The Kier molecular flexibility index (Phi) is 3.06. The average Bonchev–Trinajstić information content (AvgIpc) is 2.93. The molecule has 2 saturated heterocycles. The van der Waals surface area contributed by atoms with Gasteiger partial charge in [0.05, 0.1) is 9.95 Å². The third kappa shape index (κ3) is 2.04. The van der Waals surface area contributed by atoms with Crippen LogP contribution >= 0.6 is 11.6 Å². The van der Waals surface area contributed by atoms with Crippen molar-refractivity contribution in [2.24, 2.45) is 11.8 Å². The second-order valence-electron chi connectivity index (χ2n) is 5.23. The second kappa shape index (κ2) is 4.61. The van der Waals surface area contributed by atoms with E-state index >= 15 is 0 Å². The highest BCUT2D eigenvalue weighted by molar-refractivity contribution is 6.33. The molecule has 0 aliphatic carbocycles. The van der Waals surface area contributed by atoms with Crippen molar-refractivity contribution in [2.45, 2.75) is 13.0 Å². The predicted molar refractivity (Wildman–Crippen MR) is 72.6 cm³/mol. The molecule has 1 aromatic heterocycles. The monoisotopic (exact) mass is 282 g/mol. The largest absolute Gasteiger partial charge is 0.352 e. The fraction of sp³-hybridized carbons (Fsp3) is 0.583. The highest BCUT2D eigenvalue weighted by Crippen LogP contribution is 2.38. The van der Waals surface area contributed by atoms with E-state index in [9.17, 15) is 10.1 Å². The number of anilines is 1. The number of fused-ring (bicyclic) bond motifs is 1. The summed E-state index contributed by atoms with van der Waals surface area (Å²) in [5.41, 5.74) is -0.0672. The zero-order valence-corrected chi connectivity index (χ0v) is 11.3. The SMILES string of the molecule is CC1C2CNCC2CN1c1ncc([N+](=O)[O-])cc1Cl. The first kappa shape index (κ1) is 12.6. The van der Waals surface area contributed by atoms with Crippen LogP contribution in [0.15, 0.2) is 12.3 Å². The number of nitrogens with one attached hydrogen (secondary N) is 1. The van der Waals surface area contributed by atoms with E-state index in [1.807, 2.05) is 0 Å². The molecule has 3 rings (SSSR count). The van der Waals surface area contributed by atoms with Crippen LogP contribution in [0.4, 0.5) is 11.5 Å². The van der Waals surface area contributed by atoms with Crippen LogP contribution in [0.2, 0.25) is 5.02 Å². The van der Waals surface area contributed by atoms with E-state index in [2.05, 4.69) is 22.1 Å². The molecule has 0 aromatic carbocycles. The molecule has 3 heterocycles. The Balaban J connectivity index is 1.89. The van der Waals surface area contributed by atoms with Crippen molar-refractivity contribution >= 4 is 23.1 Å². The zero-order valence-electron chi connectivity index (χ0n) is 10.5. The Morgan fingerprint density at radius 1 is 1.58 bits per heavy atom. The number of rotatable bonds is 2. The first-order valence-electron chi connectivity index (χ1n) is 6.35. The molecule has 1 aromatic rings. The quantitative estimate of drug-likeness (QED) is 0.660. The van der Waals surface area contributed by atoms with Crippen molar-refractivity contribution in [3.8, 4) is 0 Å². The van der Waals surface area contributed by atoms with Gasteiger partial charge in [-0.05, 0) is 18.8 Å². The van der Waals surface area contributed by atoms with Gasteiger partial charge in [-0.2, -0.15) is 0 Å². The van der Waals surface area contributed by atoms with E-state index in [0.717, 1.165) is 19.6 Å². The summed E-state index contributed by atoms with van der Waals surface area (Å²) >= 11 is 6.15. The maximum absolute atomic E-state index is 10.7. The lowest BCUT2D eigenvalue weighted by atomic mass is 9.95. The summed E-state index contributed by atoms with van der Waals surface area (Å²) in [6, 6.07) is 1.73. The molecule has 6 nitrogen and oxygen atoms in total. The third-order valence-corrected chi connectivity index (χ3v) is 4.50. The van der Waals surface area contributed by atoms with Crippen LogP contribution < -0.4 is 10.2 Å². The van der Waals surface area contributed by atoms with Crippen LogP contribution in [0.1, 0.15) is 6.92 Å². The molecule has 19 heavy (non-hydrogen) atoms. The summed E-state index contributed by atoms with van der Waals surface area (Å²) in [6.45, 7) is 5.11. The fourth-order valence-corrected chi connectivity index (χ4v) is 3.45. The Hall–Kier alpha value is -1.40. The van der Waals surface area contributed by atoms with Crippen molar-refractivity contribution < 1.29 is 4.92 Å². The standard InChI is InChI=1S/C12H15ClN4O2/c1-7-10-5-14-3-8(10)6-16(7)12-11(13)2-9(4-15-12)17(18)19/h2,4,7-8,10,14H,3,5-6H2,1H3. The highest BCUT2D eigenvalue weighted by Gasteiger charge is 2.42. The van der Waals surface area contributed by atoms with Crippen LogP contribution in [0.5, 0.6) is 0 Å². The Morgan fingerprint density at radius 2 is 2.37 bits per heavy atom. The smallest absolute Gasteiger partial charge is 0.289 e. The summed E-state index contributed by atoms with van der Waals surface area (Å²) in [4.78, 5) is 16.6. The van der Waals surface area contributed by atoms with E-state index in [0.29, 0.717) is 28.7 Å². The first-order valence-corrected chi connectivity index (χ1v) is 6.73. The van der Waals surface area contributed by atoms with E-state index in [1.54, 1.807) is 0 Å². The number of aromatic nitrogens is 1. The number of nitro groups is 1. The fourth-order valence-electron chi connectivity index (χ4n) is 3.18. The van der Waals surface area contributed by atoms with Crippen molar-refractivity contribution in [1.82, 2.24) is 10.3 Å². The Morgan fingerprint density at radius 3 is 3.00 bits per heavy atom. The molecule has 102 valence electrons. The first-order chi connectivity index (χ1) is 9.08. The molecule has 0 radical (unpaired) electrons. The summed E-state index contributed by atoms with van der Waals surface area (Å²) in [5, 5.41) is 14.4. The molecular formula is C12H15ClN4O2. The molecule has 0 amide bonds. The van der Waals surface area contributed by atoms with E-state index in [-0.39, 0.29) is 5.69 Å². The molecule has 0 spiro atoms. The van der Waals surface area contributed by atoms with Crippen LogP contribution in [0.25, 0.3) is 0 Å². The molecule has 2 fully saturated rings. The summed E-state index contributed by atoms with van der Waals surface area (Å²) < 4.78 is 0. The minimum absolute atomic E-state index is 0.0672. The molecule has 2 aliphatic rings. The Labute approximate surface area is 115 Å². The molecule has 3 unspecified atom stereocenters. The lowest BCUT2D eigenvalue weighted by molar-refractivity contribution is -0.385. The zero-order chi connectivity index (χ0) is 13.6. The molecular weight excluding hydrogens is 268 g/mol. The summed E-state index contributed by atoms with van der Waals surface area (Å²) in [7, 11) is 0.